The Balaban J connectivity index is 1.51. The first kappa shape index (κ1) is 22.2. The highest BCUT2D eigenvalue weighted by Gasteiger charge is 2.57. The van der Waals surface area contributed by atoms with Crippen molar-refractivity contribution in [2.75, 3.05) is 31.1 Å². The smallest absolute Gasteiger partial charge is 0.270 e. The quantitative estimate of drug-likeness (QED) is 0.516. The van der Waals surface area contributed by atoms with Crippen LogP contribution < -0.4 is 10.5 Å². The third-order valence-electron chi connectivity index (χ3n) is 7.61. The summed E-state index contributed by atoms with van der Waals surface area (Å²) < 4.78 is 1.48. The van der Waals surface area contributed by atoms with Crippen LogP contribution in [0.2, 0.25) is 10.2 Å². The van der Waals surface area contributed by atoms with Crippen molar-refractivity contribution in [3.05, 3.63) is 68.1 Å². The number of fused-ring (bicyclic) bond motifs is 2. The maximum atomic E-state index is 13.0. The number of hydrogen-bond acceptors (Lipinski definition) is 5. The van der Waals surface area contributed by atoms with Crippen LogP contribution in [0, 0.1) is 22.2 Å². The molecule has 2 aliphatic rings. The van der Waals surface area contributed by atoms with Crippen LogP contribution in [0.5, 0.6) is 0 Å². The zero-order chi connectivity index (χ0) is 23.5. The SMILES string of the molecule is Cn1c(=O)c(C#N)c(N2C[C@]3(C)CN(Cc4ccc(Cl)cc4)C[C@]3(C)C2)c2nc(Cl)ccc21. The number of benzene rings is 1. The van der Waals surface area contributed by atoms with Crippen molar-refractivity contribution in [2.45, 2.75) is 20.4 Å². The van der Waals surface area contributed by atoms with Crippen LogP contribution in [0.3, 0.4) is 0 Å². The molecular weight excluding hydrogens is 457 g/mol. The predicted octanol–water partition coefficient (Wildman–Crippen LogP) is 4.46. The van der Waals surface area contributed by atoms with Gasteiger partial charge in [-0.15, -0.1) is 0 Å². The molecule has 2 atom stereocenters. The molecule has 0 bridgehead atoms. The molecule has 2 aliphatic heterocycles. The minimum atomic E-state index is -0.305. The van der Waals surface area contributed by atoms with Gasteiger partial charge in [-0.2, -0.15) is 5.26 Å². The summed E-state index contributed by atoms with van der Waals surface area (Å²) in [6.45, 7) is 8.84. The molecule has 170 valence electrons. The summed E-state index contributed by atoms with van der Waals surface area (Å²) in [5.74, 6) is 0. The number of aromatic nitrogens is 2. The van der Waals surface area contributed by atoms with E-state index < -0.39 is 0 Å². The summed E-state index contributed by atoms with van der Waals surface area (Å²) in [4.78, 5) is 22.2. The molecule has 8 heteroatoms. The van der Waals surface area contributed by atoms with Crippen molar-refractivity contribution < 1.29 is 0 Å². The Hall–Kier alpha value is -2.59. The molecule has 6 nitrogen and oxygen atoms in total. The van der Waals surface area contributed by atoms with E-state index in [-0.39, 0.29) is 22.0 Å². The normalized spacial score (nSPS) is 24.9. The van der Waals surface area contributed by atoms with Gasteiger partial charge < -0.3 is 9.47 Å². The lowest BCUT2D eigenvalue weighted by Gasteiger charge is -2.30. The minimum absolute atomic E-state index is 0.00186. The Morgan fingerprint density at radius 2 is 1.67 bits per heavy atom. The van der Waals surface area contributed by atoms with Gasteiger partial charge in [0.15, 0.2) is 0 Å². The van der Waals surface area contributed by atoms with Gasteiger partial charge in [0.05, 0.1) is 11.2 Å². The summed E-state index contributed by atoms with van der Waals surface area (Å²) >= 11 is 12.3. The lowest BCUT2D eigenvalue weighted by atomic mass is 9.71. The molecule has 4 heterocycles. The van der Waals surface area contributed by atoms with E-state index in [0.717, 1.165) is 37.7 Å². The number of likely N-dealkylation sites (tertiary alicyclic amines) is 1. The summed E-state index contributed by atoms with van der Waals surface area (Å²) in [5, 5.41) is 11.0. The molecule has 2 fully saturated rings. The van der Waals surface area contributed by atoms with Crippen LogP contribution in [0.4, 0.5) is 5.69 Å². The van der Waals surface area contributed by atoms with Crippen molar-refractivity contribution in [3.8, 4) is 6.07 Å². The molecule has 2 saturated heterocycles. The van der Waals surface area contributed by atoms with Crippen LogP contribution in [-0.2, 0) is 13.6 Å². The van der Waals surface area contributed by atoms with E-state index in [4.69, 9.17) is 23.2 Å². The third-order valence-corrected chi connectivity index (χ3v) is 8.07. The number of nitriles is 1. The number of aryl methyl sites for hydroxylation is 1. The topological polar surface area (TPSA) is 65.2 Å². The first-order chi connectivity index (χ1) is 15.6. The monoisotopic (exact) mass is 481 g/mol. The number of pyridine rings is 2. The van der Waals surface area contributed by atoms with Gasteiger partial charge in [-0.3, -0.25) is 9.69 Å². The number of hydrogen-bond donors (Lipinski definition) is 0. The largest absolute Gasteiger partial charge is 0.367 e. The van der Waals surface area contributed by atoms with Crippen LogP contribution in [0.15, 0.2) is 41.2 Å². The maximum absolute atomic E-state index is 13.0. The molecule has 0 radical (unpaired) electrons. The summed E-state index contributed by atoms with van der Waals surface area (Å²) in [6.07, 6.45) is 0. The van der Waals surface area contributed by atoms with Crippen LogP contribution in [0.1, 0.15) is 25.0 Å². The molecule has 0 saturated carbocycles. The molecule has 2 aromatic heterocycles. The Kier molecular flexibility index (Phi) is 5.20. The fourth-order valence-electron chi connectivity index (χ4n) is 5.70. The van der Waals surface area contributed by atoms with E-state index in [1.165, 1.54) is 10.1 Å². The second-order valence-electron chi connectivity index (χ2n) is 9.95. The van der Waals surface area contributed by atoms with Crippen molar-refractivity contribution in [1.82, 2.24) is 14.5 Å². The van der Waals surface area contributed by atoms with E-state index in [1.54, 1.807) is 19.2 Å². The van der Waals surface area contributed by atoms with Crippen LogP contribution in [0.25, 0.3) is 11.0 Å². The fourth-order valence-corrected chi connectivity index (χ4v) is 5.97. The average molecular weight is 482 g/mol. The lowest BCUT2D eigenvalue weighted by Crippen LogP contribution is -2.34. The molecule has 0 aliphatic carbocycles. The highest BCUT2D eigenvalue weighted by molar-refractivity contribution is 6.30. The molecule has 5 rings (SSSR count). The number of anilines is 1. The molecule has 0 spiro atoms. The zero-order valence-corrected chi connectivity index (χ0v) is 20.4. The lowest BCUT2D eigenvalue weighted by molar-refractivity contribution is 0.212. The average Bonchev–Trinajstić information content (AvgIpc) is 3.14. The Labute approximate surface area is 203 Å². The second-order valence-corrected chi connectivity index (χ2v) is 10.8. The van der Waals surface area contributed by atoms with E-state index in [0.29, 0.717) is 21.9 Å². The second kappa shape index (κ2) is 7.73. The van der Waals surface area contributed by atoms with Gasteiger partial charge in [0.25, 0.3) is 5.56 Å². The first-order valence-electron chi connectivity index (χ1n) is 11.0. The van der Waals surface area contributed by atoms with Gasteiger partial charge in [-0.05, 0) is 29.8 Å². The first-order valence-corrected chi connectivity index (χ1v) is 11.7. The van der Waals surface area contributed by atoms with Crippen molar-refractivity contribution in [2.24, 2.45) is 17.9 Å². The maximum Gasteiger partial charge on any atom is 0.270 e. The van der Waals surface area contributed by atoms with Crippen molar-refractivity contribution in [3.63, 3.8) is 0 Å². The molecule has 1 aromatic carbocycles. The molecule has 3 aromatic rings. The predicted molar refractivity (Wildman–Crippen MR) is 132 cm³/mol. The third kappa shape index (κ3) is 3.50. The molecule has 0 unspecified atom stereocenters. The Morgan fingerprint density at radius 3 is 2.27 bits per heavy atom. The van der Waals surface area contributed by atoms with Gasteiger partial charge in [0.1, 0.15) is 22.3 Å². The summed E-state index contributed by atoms with van der Waals surface area (Å²) in [5.41, 5.74) is 2.95. The van der Waals surface area contributed by atoms with Gasteiger partial charge in [0.2, 0.25) is 0 Å². The standard InChI is InChI=1S/C25H25Cl2N5O/c1-24-12-31(11-16-4-6-17(26)7-5-16)13-25(24,2)15-32(14-24)22-18(10-28)23(33)30(3)19-8-9-20(27)29-21(19)22/h4-9H,11-15H2,1-3H3/t24-,25+. The van der Waals surface area contributed by atoms with Crippen LogP contribution >= 0.6 is 23.2 Å². The number of rotatable bonds is 3. The van der Waals surface area contributed by atoms with E-state index in [2.05, 4.69) is 46.8 Å². The summed E-state index contributed by atoms with van der Waals surface area (Å²) in [7, 11) is 1.67. The minimum Gasteiger partial charge on any atom is -0.367 e. The van der Waals surface area contributed by atoms with Crippen molar-refractivity contribution >= 4 is 39.9 Å². The van der Waals surface area contributed by atoms with E-state index in [9.17, 15) is 10.1 Å². The number of nitrogens with zero attached hydrogens (tertiary/aromatic N) is 5. The molecule has 33 heavy (non-hydrogen) atoms. The molecule has 0 N–H and O–H groups in total. The highest BCUT2D eigenvalue weighted by Crippen LogP contribution is 2.53. The number of halogens is 2. The van der Waals surface area contributed by atoms with Gasteiger partial charge in [-0.25, -0.2) is 4.98 Å². The van der Waals surface area contributed by atoms with E-state index >= 15 is 0 Å². The van der Waals surface area contributed by atoms with Gasteiger partial charge >= 0.3 is 0 Å². The van der Waals surface area contributed by atoms with Gasteiger partial charge in [-0.1, -0.05) is 49.2 Å². The van der Waals surface area contributed by atoms with Crippen molar-refractivity contribution in [1.29, 1.82) is 5.26 Å². The van der Waals surface area contributed by atoms with Crippen LogP contribution in [-0.4, -0.2) is 40.6 Å². The Morgan fingerprint density at radius 1 is 1.03 bits per heavy atom. The fraction of sp³-hybridized carbons (Fsp3) is 0.400. The Bertz CT molecular complexity index is 1340. The van der Waals surface area contributed by atoms with E-state index in [1.807, 2.05) is 12.1 Å². The zero-order valence-electron chi connectivity index (χ0n) is 18.9. The summed E-state index contributed by atoms with van der Waals surface area (Å²) in [6, 6.07) is 13.6. The van der Waals surface area contributed by atoms with Gasteiger partial charge in [0, 0.05) is 55.6 Å². The molecular formula is C25H25Cl2N5O. The molecule has 0 amide bonds. The highest BCUT2D eigenvalue weighted by atomic mass is 35.5.